The highest BCUT2D eigenvalue weighted by molar-refractivity contribution is 6.21. The summed E-state index contributed by atoms with van der Waals surface area (Å²) in [5, 5.41) is 19.9. The molecule has 0 atom stereocenters. The van der Waals surface area contributed by atoms with Crippen LogP contribution in [0.1, 0.15) is 16.7 Å². The number of rotatable bonds is 3. The summed E-state index contributed by atoms with van der Waals surface area (Å²) < 4.78 is 0. The zero-order chi connectivity index (χ0) is 18.8. The molecule has 0 saturated carbocycles. The largest absolute Gasteiger partial charge is 0.327 e. The molecule has 0 spiro atoms. The number of hydrogen-bond donors (Lipinski definition) is 0. The van der Waals surface area contributed by atoms with Crippen LogP contribution in [0, 0.1) is 10.1 Å². The molecule has 6 heteroatoms. The number of nitro groups is 1. The van der Waals surface area contributed by atoms with Gasteiger partial charge in [0, 0.05) is 35.9 Å². The number of anilines is 1. The van der Waals surface area contributed by atoms with E-state index < -0.39 is 4.92 Å². The van der Waals surface area contributed by atoms with Gasteiger partial charge >= 0.3 is 0 Å². The van der Waals surface area contributed by atoms with Crippen molar-refractivity contribution in [3.8, 4) is 0 Å². The maximum atomic E-state index is 10.9. The zero-order valence-electron chi connectivity index (χ0n) is 14.6. The second-order valence-corrected chi connectivity index (χ2v) is 6.12. The van der Waals surface area contributed by atoms with Gasteiger partial charge < -0.3 is 4.90 Å². The lowest BCUT2D eigenvalue weighted by Gasteiger charge is -2.21. The molecule has 0 amide bonds. The van der Waals surface area contributed by atoms with E-state index in [9.17, 15) is 10.1 Å². The van der Waals surface area contributed by atoms with E-state index in [0.717, 1.165) is 28.1 Å². The maximum absolute atomic E-state index is 10.9. The Morgan fingerprint density at radius 2 is 1.48 bits per heavy atom. The van der Waals surface area contributed by atoms with Gasteiger partial charge in [-0.1, -0.05) is 48.5 Å². The summed E-state index contributed by atoms with van der Waals surface area (Å²) in [6.45, 7) is 0. The minimum atomic E-state index is -0.413. The van der Waals surface area contributed by atoms with Crippen LogP contribution in [-0.4, -0.2) is 23.5 Å². The topological polar surface area (TPSA) is 71.1 Å². The van der Waals surface area contributed by atoms with E-state index in [1.165, 1.54) is 12.1 Å². The predicted molar refractivity (Wildman–Crippen MR) is 107 cm³/mol. The first kappa shape index (κ1) is 16.7. The lowest BCUT2D eigenvalue weighted by molar-refractivity contribution is -0.384. The molecule has 0 saturated heterocycles. The third-order valence-corrected chi connectivity index (χ3v) is 4.47. The SMILES string of the molecule is CN1C(c2ccc([N+](=O)[O-])cc2)=NN=C(c2ccccc2)c2ccccc21. The van der Waals surface area contributed by atoms with Gasteiger partial charge in [0.15, 0.2) is 5.84 Å². The van der Waals surface area contributed by atoms with E-state index in [0.29, 0.717) is 5.84 Å². The Kier molecular flexibility index (Phi) is 4.22. The fourth-order valence-electron chi connectivity index (χ4n) is 3.09. The Morgan fingerprint density at radius 3 is 2.19 bits per heavy atom. The lowest BCUT2D eigenvalue weighted by Crippen LogP contribution is -2.27. The fraction of sp³-hybridized carbons (Fsp3) is 0.0476. The Bertz CT molecular complexity index is 1060. The van der Waals surface area contributed by atoms with E-state index >= 15 is 0 Å². The molecule has 1 aliphatic heterocycles. The highest BCUT2D eigenvalue weighted by atomic mass is 16.6. The molecular formula is C21H16N4O2. The quantitative estimate of drug-likeness (QED) is 0.520. The molecule has 4 rings (SSSR count). The first-order chi connectivity index (χ1) is 13.1. The highest BCUT2D eigenvalue weighted by Gasteiger charge is 2.22. The zero-order valence-corrected chi connectivity index (χ0v) is 14.6. The number of nitrogens with zero attached hydrogens (tertiary/aromatic N) is 4. The molecule has 0 fully saturated rings. The van der Waals surface area contributed by atoms with Gasteiger partial charge in [0.2, 0.25) is 0 Å². The molecule has 0 unspecified atom stereocenters. The third kappa shape index (κ3) is 3.08. The molecule has 6 nitrogen and oxygen atoms in total. The molecule has 3 aromatic carbocycles. The van der Waals surface area contributed by atoms with Gasteiger partial charge in [-0.25, -0.2) is 0 Å². The molecule has 0 aromatic heterocycles. The number of para-hydroxylation sites is 1. The lowest BCUT2D eigenvalue weighted by atomic mass is 10.00. The van der Waals surface area contributed by atoms with Crippen LogP contribution in [0.5, 0.6) is 0 Å². The Hall–Kier alpha value is -3.80. The first-order valence-electron chi connectivity index (χ1n) is 8.44. The third-order valence-electron chi connectivity index (χ3n) is 4.47. The van der Waals surface area contributed by atoms with E-state index in [-0.39, 0.29) is 5.69 Å². The molecule has 0 radical (unpaired) electrons. The number of nitro benzene ring substituents is 1. The van der Waals surface area contributed by atoms with Crippen LogP contribution in [0.3, 0.4) is 0 Å². The number of non-ortho nitro benzene ring substituents is 1. The van der Waals surface area contributed by atoms with E-state index in [1.807, 2.05) is 66.5 Å². The molecule has 0 aliphatic carbocycles. The standard InChI is InChI=1S/C21H16N4O2/c1-24-19-10-6-5-9-18(19)20(15-7-3-2-4-8-15)22-23-21(24)16-11-13-17(14-12-16)25(26)27/h2-14H,1H3. The average Bonchev–Trinajstić information content (AvgIpc) is 2.86. The summed E-state index contributed by atoms with van der Waals surface area (Å²) in [6, 6.07) is 24.2. The van der Waals surface area contributed by atoms with Crippen molar-refractivity contribution >= 4 is 22.9 Å². The van der Waals surface area contributed by atoms with Gasteiger partial charge in [-0.2, -0.15) is 0 Å². The van der Waals surface area contributed by atoms with Crippen molar-refractivity contribution in [2.24, 2.45) is 10.2 Å². The first-order valence-corrected chi connectivity index (χ1v) is 8.44. The van der Waals surface area contributed by atoms with E-state index in [2.05, 4.69) is 10.2 Å². The summed E-state index contributed by atoms with van der Waals surface area (Å²) in [4.78, 5) is 12.5. The second kappa shape index (κ2) is 6.84. The van der Waals surface area contributed by atoms with Crippen LogP contribution in [0.25, 0.3) is 0 Å². The molecule has 132 valence electrons. The van der Waals surface area contributed by atoms with Crippen LogP contribution in [0.15, 0.2) is 89.1 Å². The Labute approximate surface area is 156 Å². The van der Waals surface area contributed by atoms with Crippen molar-refractivity contribution in [2.75, 3.05) is 11.9 Å². The molecule has 1 heterocycles. The second-order valence-electron chi connectivity index (χ2n) is 6.12. The summed E-state index contributed by atoms with van der Waals surface area (Å²) >= 11 is 0. The van der Waals surface area contributed by atoms with Crippen molar-refractivity contribution in [1.82, 2.24) is 0 Å². The van der Waals surface area contributed by atoms with Gasteiger partial charge in [-0.15, -0.1) is 10.2 Å². The van der Waals surface area contributed by atoms with Gasteiger partial charge in [-0.3, -0.25) is 10.1 Å². The predicted octanol–water partition coefficient (Wildman–Crippen LogP) is 4.24. The van der Waals surface area contributed by atoms with E-state index in [4.69, 9.17) is 0 Å². The van der Waals surface area contributed by atoms with Gasteiger partial charge in [-0.05, 0) is 18.2 Å². The molecule has 3 aromatic rings. The van der Waals surface area contributed by atoms with Gasteiger partial charge in [0.1, 0.15) is 5.71 Å². The van der Waals surface area contributed by atoms with Crippen molar-refractivity contribution in [3.05, 3.63) is 106 Å². The van der Waals surface area contributed by atoms with Crippen LogP contribution in [-0.2, 0) is 0 Å². The monoisotopic (exact) mass is 356 g/mol. The Morgan fingerprint density at radius 1 is 0.815 bits per heavy atom. The normalized spacial score (nSPS) is 13.3. The summed E-state index contributed by atoms with van der Waals surface area (Å²) in [5.74, 6) is 0.628. The number of benzene rings is 3. The van der Waals surface area contributed by atoms with E-state index in [1.54, 1.807) is 12.1 Å². The number of amidine groups is 1. The molecule has 1 aliphatic rings. The van der Waals surface area contributed by atoms with Crippen LogP contribution >= 0.6 is 0 Å². The van der Waals surface area contributed by atoms with Crippen molar-refractivity contribution in [2.45, 2.75) is 0 Å². The molecular weight excluding hydrogens is 340 g/mol. The maximum Gasteiger partial charge on any atom is 0.269 e. The average molecular weight is 356 g/mol. The minimum Gasteiger partial charge on any atom is -0.327 e. The number of fused-ring (bicyclic) bond motifs is 1. The summed E-state index contributed by atoms with van der Waals surface area (Å²) in [6.07, 6.45) is 0. The van der Waals surface area contributed by atoms with Gasteiger partial charge in [0.25, 0.3) is 5.69 Å². The Balaban J connectivity index is 1.86. The van der Waals surface area contributed by atoms with Gasteiger partial charge in [0.05, 0.1) is 10.6 Å². The summed E-state index contributed by atoms with van der Waals surface area (Å²) in [7, 11) is 1.92. The highest BCUT2D eigenvalue weighted by Crippen LogP contribution is 2.27. The molecule has 27 heavy (non-hydrogen) atoms. The minimum absolute atomic E-state index is 0.0458. The van der Waals surface area contributed by atoms with Crippen molar-refractivity contribution in [1.29, 1.82) is 0 Å². The number of hydrogen-bond acceptors (Lipinski definition) is 5. The summed E-state index contributed by atoms with van der Waals surface area (Å²) in [5.41, 5.74) is 4.52. The molecule has 0 bridgehead atoms. The smallest absolute Gasteiger partial charge is 0.269 e. The van der Waals surface area contributed by atoms with Crippen LogP contribution < -0.4 is 4.90 Å². The van der Waals surface area contributed by atoms with Crippen LogP contribution in [0.2, 0.25) is 0 Å². The van der Waals surface area contributed by atoms with Crippen LogP contribution in [0.4, 0.5) is 11.4 Å². The molecule has 0 N–H and O–H groups in total. The van der Waals surface area contributed by atoms with Crippen molar-refractivity contribution < 1.29 is 4.92 Å². The van der Waals surface area contributed by atoms with Crippen molar-refractivity contribution in [3.63, 3.8) is 0 Å². The fourth-order valence-corrected chi connectivity index (χ4v) is 3.09.